The van der Waals surface area contributed by atoms with Gasteiger partial charge in [-0.3, -0.25) is 0 Å². The van der Waals surface area contributed by atoms with Crippen LogP contribution in [0.2, 0.25) is 0 Å². The van der Waals surface area contributed by atoms with Gasteiger partial charge in [0, 0.05) is 17.5 Å². The third-order valence-corrected chi connectivity index (χ3v) is 4.25. The Hall–Kier alpha value is -1.63. The van der Waals surface area contributed by atoms with Crippen molar-refractivity contribution in [2.75, 3.05) is 0 Å². The number of nitrogens with one attached hydrogen (secondary N) is 1. The lowest BCUT2D eigenvalue weighted by atomic mass is 10.00. The summed E-state index contributed by atoms with van der Waals surface area (Å²) in [6.45, 7) is 7.25. The van der Waals surface area contributed by atoms with Gasteiger partial charge in [0.05, 0.1) is 0 Å². The van der Waals surface area contributed by atoms with Crippen LogP contribution in [0.25, 0.3) is 0 Å². The molecule has 1 heterocycles. The Bertz CT molecular complexity index is 607. The standard InChI is InChI=1S/C16H18N2S/c1-11-4-5-12(2)16(8-11)13(3)18-10-15-7-6-14(9-17)19-15/h4-8,13,18H,10H2,1-3H3. The van der Waals surface area contributed by atoms with Crippen LogP contribution in [0, 0.1) is 25.2 Å². The van der Waals surface area contributed by atoms with E-state index in [-0.39, 0.29) is 0 Å². The van der Waals surface area contributed by atoms with E-state index in [9.17, 15) is 0 Å². The molecule has 1 aromatic heterocycles. The van der Waals surface area contributed by atoms with Crippen molar-refractivity contribution in [2.24, 2.45) is 0 Å². The molecule has 0 spiro atoms. The molecule has 1 atom stereocenters. The molecule has 0 radical (unpaired) electrons. The van der Waals surface area contributed by atoms with Gasteiger partial charge in [0.1, 0.15) is 10.9 Å². The third-order valence-electron chi connectivity index (χ3n) is 3.26. The number of nitrogens with zero attached hydrogens (tertiary/aromatic N) is 1. The molecule has 0 aliphatic rings. The van der Waals surface area contributed by atoms with E-state index < -0.39 is 0 Å². The summed E-state index contributed by atoms with van der Waals surface area (Å²) in [5, 5.41) is 12.3. The van der Waals surface area contributed by atoms with E-state index in [1.807, 2.05) is 12.1 Å². The van der Waals surface area contributed by atoms with Gasteiger partial charge in [-0.05, 0) is 44.0 Å². The average molecular weight is 270 g/mol. The predicted octanol–water partition coefficient (Wildman–Crippen LogP) is 4.09. The van der Waals surface area contributed by atoms with E-state index >= 15 is 0 Å². The minimum Gasteiger partial charge on any atom is -0.305 e. The summed E-state index contributed by atoms with van der Waals surface area (Å²) in [6.07, 6.45) is 0. The van der Waals surface area contributed by atoms with Crippen molar-refractivity contribution < 1.29 is 0 Å². The summed E-state index contributed by atoms with van der Waals surface area (Å²) in [4.78, 5) is 1.98. The Morgan fingerprint density at radius 2 is 2.05 bits per heavy atom. The SMILES string of the molecule is Cc1ccc(C)c(C(C)NCc2ccc(C#N)s2)c1. The average Bonchev–Trinajstić information content (AvgIpc) is 2.87. The lowest BCUT2D eigenvalue weighted by Gasteiger charge is -2.16. The molecule has 2 nitrogen and oxygen atoms in total. The first-order valence-corrected chi connectivity index (χ1v) is 7.21. The maximum atomic E-state index is 8.81. The summed E-state index contributed by atoms with van der Waals surface area (Å²) in [7, 11) is 0. The van der Waals surface area contributed by atoms with Crippen LogP contribution in [0.4, 0.5) is 0 Å². The second-order valence-corrected chi connectivity index (χ2v) is 6.01. The van der Waals surface area contributed by atoms with Crippen molar-refractivity contribution in [3.05, 3.63) is 56.8 Å². The minimum absolute atomic E-state index is 0.313. The zero-order valence-corrected chi connectivity index (χ0v) is 12.3. The Morgan fingerprint density at radius 1 is 1.26 bits per heavy atom. The molecule has 3 heteroatoms. The predicted molar refractivity (Wildman–Crippen MR) is 80.2 cm³/mol. The second kappa shape index (κ2) is 6.01. The molecule has 0 saturated carbocycles. The number of benzene rings is 1. The topological polar surface area (TPSA) is 35.8 Å². The van der Waals surface area contributed by atoms with Gasteiger partial charge in [-0.2, -0.15) is 5.26 Å². The van der Waals surface area contributed by atoms with E-state index in [0.29, 0.717) is 6.04 Å². The van der Waals surface area contributed by atoms with E-state index in [4.69, 9.17) is 5.26 Å². The fraction of sp³-hybridized carbons (Fsp3) is 0.312. The Morgan fingerprint density at radius 3 is 2.74 bits per heavy atom. The van der Waals surface area contributed by atoms with E-state index in [1.165, 1.54) is 21.6 Å². The van der Waals surface area contributed by atoms with Crippen molar-refractivity contribution in [3.63, 3.8) is 0 Å². The van der Waals surface area contributed by atoms with Crippen molar-refractivity contribution in [1.29, 1.82) is 5.26 Å². The third kappa shape index (κ3) is 3.44. The van der Waals surface area contributed by atoms with Crippen molar-refractivity contribution >= 4 is 11.3 Å². The largest absolute Gasteiger partial charge is 0.305 e. The molecular formula is C16H18N2S. The zero-order valence-electron chi connectivity index (χ0n) is 11.5. The van der Waals surface area contributed by atoms with Crippen LogP contribution in [0.1, 0.15) is 39.4 Å². The molecular weight excluding hydrogens is 252 g/mol. The van der Waals surface area contributed by atoms with Gasteiger partial charge in [0.15, 0.2) is 0 Å². The Kier molecular flexibility index (Phi) is 4.36. The molecule has 2 rings (SSSR count). The molecule has 19 heavy (non-hydrogen) atoms. The number of hydrogen-bond acceptors (Lipinski definition) is 3. The van der Waals surface area contributed by atoms with Gasteiger partial charge < -0.3 is 5.32 Å². The maximum Gasteiger partial charge on any atom is 0.110 e. The van der Waals surface area contributed by atoms with Crippen LogP contribution in [-0.4, -0.2) is 0 Å². The highest BCUT2D eigenvalue weighted by Crippen LogP contribution is 2.21. The van der Waals surface area contributed by atoms with Gasteiger partial charge in [-0.15, -0.1) is 11.3 Å². The molecule has 2 aromatic rings. The lowest BCUT2D eigenvalue weighted by molar-refractivity contribution is 0.576. The molecule has 98 valence electrons. The highest BCUT2D eigenvalue weighted by atomic mass is 32.1. The van der Waals surface area contributed by atoms with Crippen molar-refractivity contribution in [2.45, 2.75) is 33.4 Å². The van der Waals surface area contributed by atoms with Crippen LogP contribution in [-0.2, 0) is 6.54 Å². The normalized spacial score (nSPS) is 12.1. The van der Waals surface area contributed by atoms with Gasteiger partial charge in [-0.25, -0.2) is 0 Å². The van der Waals surface area contributed by atoms with E-state index in [1.54, 1.807) is 11.3 Å². The summed E-state index contributed by atoms with van der Waals surface area (Å²) >= 11 is 1.55. The minimum atomic E-state index is 0.313. The lowest BCUT2D eigenvalue weighted by Crippen LogP contribution is -2.18. The smallest absolute Gasteiger partial charge is 0.110 e. The van der Waals surface area contributed by atoms with Crippen LogP contribution in [0.15, 0.2) is 30.3 Å². The first-order chi connectivity index (χ1) is 9.10. The van der Waals surface area contributed by atoms with Crippen molar-refractivity contribution in [1.82, 2.24) is 5.32 Å². The van der Waals surface area contributed by atoms with Gasteiger partial charge in [0.2, 0.25) is 0 Å². The molecule has 0 saturated heterocycles. The van der Waals surface area contributed by atoms with Gasteiger partial charge >= 0.3 is 0 Å². The molecule has 1 aromatic carbocycles. The summed E-state index contributed by atoms with van der Waals surface area (Å²) in [5.74, 6) is 0. The molecule has 0 amide bonds. The highest BCUT2D eigenvalue weighted by Gasteiger charge is 2.09. The van der Waals surface area contributed by atoms with Crippen LogP contribution >= 0.6 is 11.3 Å². The first kappa shape index (κ1) is 13.8. The molecule has 1 unspecified atom stereocenters. The van der Waals surface area contributed by atoms with Crippen LogP contribution in [0.3, 0.4) is 0 Å². The highest BCUT2D eigenvalue weighted by molar-refractivity contribution is 7.12. The molecule has 0 aliphatic heterocycles. The molecule has 0 bridgehead atoms. The quantitative estimate of drug-likeness (QED) is 0.908. The van der Waals surface area contributed by atoms with Crippen molar-refractivity contribution in [3.8, 4) is 6.07 Å². The zero-order chi connectivity index (χ0) is 13.8. The Labute approximate surface area is 118 Å². The fourth-order valence-corrected chi connectivity index (χ4v) is 2.88. The first-order valence-electron chi connectivity index (χ1n) is 6.39. The summed E-state index contributed by atoms with van der Waals surface area (Å²) < 4.78 is 0. The van der Waals surface area contributed by atoms with E-state index in [2.05, 4.69) is 50.4 Å². The molecule has 1 N–H and O–H groups in total. The number of aryl methyl sites for hydroxylation is 2. The Balaban J connectivity index is 2.03. The van der Waals surface area contributed by atoms with Crippen LogP contribution < -0.4 is 5.32 Å². The van der Waals surface area contributed by atoms with E-state index in [0.717, 1.165) is 11.4 Å². The second-order valence-electron chi connectivity index (χ2n) is 4.84. The monoisotopic (exact) mass is 270 g/mol. The summed E-state index contributed by atoms with van der Waals surface area (Å²) in [5.41, 5.74) is 3.95. The van der Waals surface area contributed by atoms with Gasteiger partial charge in [-0.1, -0.05) is 23.8 Å². The van der Waals surface area contributed by atoms with Crippen LogP contribution in [0.5, 0.6) is 0 Å². The molecule has 0 fully saturated rings. The number of nitriles is 1. The number of thiophene rings is 1. The number of rotatable bonds is 4. The maximum absolute atomic E-state index is 8.81. The van der Waals surface area contributed by atoms with Gasteiger partial charge in [0.25, 0.3) is 0 Å². The summed E-state index contributed by atoms with van der Waals surface area (Å²) in [6, 6.07) is 12.9. The molecule has 0 aliphatic carbocycles. The fourth-order valence-electron chi connectivity index (χ4n) is 2.12. The number of hydrogen-bond donors (Lipinski definition) is 1.